The number of aromatic nitrogens is 1. The number of anilines is 1. The lowest BCUT2D eigenvalue weighted by Crippen LogP contribution is -2.16. The van der Waals surface area contributed by atoms with Crippen molar-refractivity contribution in [3.8, 4) is 0 Å². The maximum absolute atomic E-state index is 13.1. The first-order valence-corrected chi connectivity index (χ1v) is 10.2. The zero-order chi connectivity index (χ0) is 22.7. The average Bonchev–Trinajstić information content (AvgIpc) is 3.05. The molecule has 3 aromatic carbocycles. The van der Waals surface area contributed by atoms with Crippen LogP contribution in [0.15, 0.2) is 78.9 Å². The van der Waals surface area contributed by atoms with Gasteiger partial charge < -0.3 is 15.6 Å². The summed E-state index contributed by atoms with van der Waals surface area (Å²) in [6, 6.07) is 22.7. The van der Waals surface area contributed by atoms with E-state index < -0.39 is 17.6 Å². The van der Waals surface area contributed by atoms with Crippen molar-refractivity contribution >= 4 is 22.6 Å². The summed E-state index contributed by atoms with van der Waals surface area (Å²) in [6.45, 7) is 0.700. The fourth-order valence-corrected chi connectivity index (χ4v) is 3.90. The third-order valence-electron chi connectivity index (χ3n) is 5.32. The average molecular weight is 437 g/mol. The van der Waals surface area contributed by atoms with Crippen molar-refractivity contribution in [3.05, 3.63) is 101 Å². The zero-order valence-corrected chi connectivity index (χ0v) is 17.2. The Balaban J connectivity index is 1.76. The number of nitrogens with two attached hydrogens (primary N) is 1. The number of halogens is 3. The topological polar surface area (TPSA) is 60.1 Å². The van der Waals surface area contributed by atoms with Crippen molar-refractivity contribution < 1.29 is 18.0 Å². The van der Waals surface area contributed by atoms with Gasteiger partial charge in [-0.3, -0.25) is 4.79 Å². The predicted molar refractivity (Wildman–Crippen MR) is 119 cm³/mol. The summed E-state index contributed by atoms with van der Waals surface area (Å²) >= 11 is 0. The van der Waals surface area contributed by atoms with Crippen molar-refractivity contribution in [2.75, 3.05) is 5.32 Å². The number of hydrogen-bond donors (Lipinski definition) is 2. The molecule has 1 amide bonds. The number of alkyl halides is 3. The highest BCUT2D eigenvalue weighted by molar-refractivity contribution is 5.94. The van der Waals surface area contributed by atoms with E-state index in [0.29, 0.717) is 17.9 Å². The van der Waals surface area contributed by atoms with E-state index in [4.69, 9.17) is 5.73 Å². The Labute approximate surface area is 183 Å². The Kier molecular flexibility index (Phi) is 5.90. The highest BCUT2D eigenvalue weighted by atomic mass is 19.4. The van der Waals surface area contributed by atoms with E-state index in [1.54, 1.807) is 6.07 Å². The number of carbonyl (C=O) groups excluding carboxylic acids is 1. The zero-order valence-electron chi connectivity index (χ0n) is 17.2. The predicted octanol–water partition coefficient (Wildman–Crippen LogP) is 5.35. The number of fused-ring (bicyclic) bond motifs is 1. The van der Waals surface area contributed by atoms with Crippen LogP contribution in [0.4, 0.5) is 19.0 Å². The van der Waals surface area contributed by atoms with E-state index in [-0.39, 0.29) is 13.0 Å². The Morgan fingerprint density at radius 2 is 1.59 bits per heavy atom. The van der Waals surface area contributed by atoms with Crippen LogP contribution in [0.5, 0.6) is 0 Å². The van der Waals surface area contributed by atoms with Crippen LogP contribution in [0.1, 0.15) is 22.3 Å². The lowest BCUT2D eigenvalue weighted by Gasteiger charge is -2.15. The molecule has 0 spiro atoms. The number of rotatable bonds is 7. The van der Waals surface area contributed by atoms with Crippen LogP contribution in [0.25, 0.3) is 10.9 Å². The quantitative estimate of drug-likeness (QED) is 0.410. The Hall–Kier alpha value is -3.74. The number of benzene rings is 3. The van der Waals surface area contributed by atoms with Crippen molar-refractivity contribution in [2.24, 2.45) is 5.73 Å². The van der Waals surface area contributed by atoms with Gasteiger partial charge in [0.1, 0.15) is 5.82 Å². The van der Waals surface area contributed by atoms with Crippen LogP contribution >= 0.6 is 0 Å². The molecule has 0 saturated heterocycles. The number of nitrogens with zero attached hydrogens (tertiary/aromatic N) is 1. The molecule has 7 heteroatoms. The van der Waals surface area contributed by atoms with Crippen molar-refractivity contribution in [1.29, 1.82) is 0 Å². The van der Waals surface area contributed by atoms with Gasteiger partial charge >= 0.3 is 6.18 Å². The lowest BCUT2D eigenvalue weighted by atomic mass is 10.1. The molecule has 3 N–H and O–H groups in total. The summed E-state index contributed by atoms with van der Waals surface area (Å²) in [4.78, 5) is 11.8. The van der Waals surface area contributed by atoms with Gasteiger partial charge in [-0.05, 0) is 29.3 Å². The second-order valence-corrected chi connectivity index (χ2v) is 7.61. The molecule has 164 valence electrons. The standard InChI is InChI=1S/C25H22F3N3O/c26-25(27,28)19-10-6-9-18(13-19)15-30-24-21(14-23(29)32)20-11-4-5-12-22(20)31(24)16-17-7-2-1-3-8-17/h1-13,30H,14-16H2,(H2,29,32). The first kappa shape index (κ1) is 21.5. The van der Waals surface area contributed by atoms with Gasteiger partial charge in [-0.2, -0.15) is 13.2 Å². The first-order chi connectivity index (χ1) is 15.3. The Morgan fingerprint density at radius 3 is 2.31 bits per heavy atom. The SMILES string of the molecule is NC(=O)Cc1c(NCc2cccc(C(F)(F)F)c2)n(Cc2ccccc2)c2ccccc12. The molecule has 0 atom stereocenters. The summed E-state index contributed by atoms with van der Waals surface area (Å²) in [7, 11) is 0. The van der Waals surface area contributed by atoms with Crippen molar-refractivity contribution in [1.82, 2.24) is 4.57 Å². The molecule has 0 aliphatic carbocycles. The number of hydrogen-bond acceptors (Lipinski definition) is 2. The number of nitrogens with one attached hydrogen (secondary N) is 1. The smallest absolute Gasteiger partial charge is 0.369 e. The van der Waals surface area contributed by atoms with Gasteiger partial charge in [-0.25, -0.2) is 0 Å². The third kappa shape index (κ3) is 4.61. The van der Waals surface area contributed by atoms with Crippen LogP contribution in [-0.4, -0.2) is 10.5 Å². The van der Waals surface area contributed by atoms with Crippen LogP contribution in [0.3, 0.4) is 0 Å². The van der Waals surface area contributed by atoms with Crippen LogP contribution in [0.2, 0.25) is 0 Å². The molecule has 4 aromatic rings. The van der Waals surface area contributed by atoms with Gasteiger partial charge in [0.05, 0.1) is 17.5 Å². The van der Waals surface area contributed by atoms with E-state index in [9.17, 15) is 18.0 Å². The molecule has 0 unspecified atom stereocenters. The molecule has 0 saturated carbocycles. The second-order valence-electron chi connectivity index (χ2n) is 7.61. The first-order valence-electron chi connectivity index (χ1n) is 10.2. The molecule has 0 radical (unpaired) electrons. The fraction of sp³-hybridized carbons (Fsp3) is 0.160. The minimum absolute atomic E-state index is 0.0211. The van der Waals surface area contributed by atoms with Gasteiger partial charge in [0.25, 0.3) is 0 Å². The molecule has 0 bridgehead atoms. The van der Waals surface area contributed by atoms with Gasteiger partial charge in [-0.15, -0.1) is 0 Å². The molecule has 4 nitrogen and oxygen atoms in total. The lowest BCUT2D eigenvalue weighted by molar-refractivity contribution is -0.137. The summed E-state index contributed by atoms with van der Waals surface area (Å²) in [5, 5.41) is 4.16. The Morgan fingerprint density at radius 1 is 0.906 bits per heavy atom. The molecule has 32 heavy (non-hydrogen) atoms. The normalized spacial score (nSPS) is 11.6. The minimum atomic E-state index is -4.41. The van der Waals surface area contributed by atoms with E-state index in [0.717, 1.165) is 34.2 Å². The van der Waals surface area contributed by atoms with Crippen molar-refractivity contribution in [2.45, 2.75) is 25.7 Å². The van der Waals surface area contributed by atoms with E-state index in [2.05, 4.69) is 5.32 Å². The van der Waals surface area contributed by atoms with E-state index in [1.165, 1.54) is 6.07 Å². The van der Waals surface area contributed by atoms with E-state index in [1.807, 2.05) is 59.2 Å². The second kappa shape index (κ2) is 8.78. The highest BCUT2D eigenvalue weighted by Gasteiger charge is 2.30. The van der Waals surface area contributed by atoms with Gasteiger partial charge in [0.15, 0.2) is 0 Å². The monoisotopic (exact) mass is 437 g/mol. The summed E-state index contributed by atoms with van der Waals surface area (Å²) in [5.41, 5.74) is 8.02. The van der Waals surface area contributed by atoms with E-state index >= 15 is 0 Å². The third-order valence-corrected chi connectivity index (χ3v) is 5.32. The maximum atomic E-state index is 13.1. The van der Waals surface area contributed by atoms with Gasteiger partial charge in [0, 0.05) is 24.0 Å². The molecule has 4 rings (SSSR count). The largest absolute Gasteiger partial charge is 0.416 e. The summed E-state index contributed by atoms with van der Waals surface area (Å²) in [6.07, 6.45) is -4.39. The maximum Gasteiger partial charge on any atom is 0.416 e. The number of para-hydroxylation sites is 1. The van der Waals surface area contributed by atoms with Crippen LogP contribution in [-0.2, 0) is 30.5 Å². The number of amides is 1. The molecule has 0 fully saturated rings. The molecule has 1 heterocycles. The van der Waals surface area contributed by atoms with Crippen LogP contribution < -0.4 is 11.1 Å². The fourth-order valence-electron chi connectivity index (χ4n) is 3.90. The molecular formula is C25H22F3N3O. The molecule has 1 aromatic heterocycles. The Bertz CT molecular complexity index is 1250. The molecule has 0 aliphatic rings. The highest BCUT2D eigenvalue weighted by Crippen LogP contribution is 2.33. The molecular weight excluding hydrogens is 415 g/mol. The summed E-state index contributed by atoms with van der Waals surface area (Å²) < 4.78 is 41.4. The minimum Gasteiger partial charge on any atom is -0.369 e. The molecule has 0 aliphatic heterocycles. The van der Waals surface area contributed by atoms with Crippen molar-refractivity contribution in [3.63, 3.8) is 0 Å². The van der Waals surface area contributed by atoms with Gasteiger partial charge in [0.2, 0.25) is 5.91 Å². The van der Waals surface area contributed by atoms with Crippen LogP contribution in [0, 0.1) is 0 Å². The summed E-state index contributed by atoms with van der Waals surface area (Å²) in [5.74, 6) is 0.195. The van der Waals surface area contributed by atoms with Gasteiger partial charge in [-0.1, -0.05) is 60.7 Å². The number of carbonyl (C=O) groups is 1. The number of primary amides is 1.